The zero-order chi connectivity index (χ0) is 21.0. The number of carbonyl (C=O) groups is 1. The Morgan fingerprint density at radius 3 is 2.59 bits per heavy atom. The van der Waals surface area contributed by atoms with Gasteiger partial charge in [0.25, 0.3) is 11.1 Å². The third-order valence-corrected chi connectivity index (χ3v) is 4.20. The van der Waals surface area contributed by atoms with Crippen molar-refractivity contribution in [3.8, 4) is 5.82 Å². The van der Waals surface area contributed by atoms with Gasteiger partial charge >= 0.3 is 5.69 Å². The molecule has 3 aromatic heterocycles. The van der Waals surface area contributed by atoms with E-state index < -0.39 is 11.2 Å². The van der Waals surface area contributed by atoms with Crippen molar-refractivity contribution in [2.45, 2.75) is 33.4 Å². The van der Waals surface area contributed by atoms with E-state index in [2.05, 4.69) is 20.5 Å². The number of hydrogen-bond acceptors (Lipinski definition) is 6. The van der Waals surface area contributed by atoms with Crippen molar-refractivity contribution in [3.63, 3.8) is 0 Å². The number of aromatic amines is 1. The number of H-pyrrole nitrogens is 1. The molecule has 29 heavy (non-hydrogen) atoms. The highest BCUT2D eigenvalue weighted by molar-refractivity contribution is 5.75. The molecule has 0 unspecified atom stereocenters. The molecule has 0 bridgehead atoms. The number of carbonyl (C=O) groups excluding carboxylic acids is 1. The molecular formula is C18H21N7O4. The van der Waals surface area contributed by atoms with Crippen molar-refractivity contribution < 1.29 is 4.79 Å². The molecule has 0 aliphatic heterocycles. The van der Waals surface area contributed by atoms with Crippen LogP contribution in [0.3, 0.4) is 0 Å². The van der Waals surface area contributed by atoms with Crippen molar-refractivity contribution in [3.05, 3.63) is 73.0 Å². The standard InChI is InChI=1S/C18H21N7O4/c1-12-11-13(2)25(21-12)14-3-4-17(28)24(22-14)10-7-19-15(26)5-8-23-9-6-16(27)20-18(23)29/h3-4,6,9,11H,5,7-8,10H2,1-2H3,(H,19,26)(H,20,27,29). The van der Waals surface area contributed by atoms with Crippen LogP contribution in [-0.4, -0.2) is 41.6 Å². The highest BCUT2D eigenvalue weighted by atomic mass is 16.2. The molecule has 0 fully saturated rings. The summed E-state index contributed by atoms with van der Waals surface area (Å²) in [7, 11) is 0. The fourth-order valence-corrected chi connectivity index (χ4v) is 2.80. The van der Waals surface area contributed by atoms with Crippen LogP contribution < -0.4 is 22.1 Å². The normalized spacial score (nSPS) is 10.8. The molecule has 11 nitrogen and oxygen atoms in total. The predicted octanol–water partition coefficient (Wildman–Crippen LogP) is -0.898. The van der Waals surface area contributed by atoms with E-state index in [0.29, 0.717) is 5.82 Å². The van der Waals surface area contributed by atoms with Gasteiger partial charge in [-0.15, -0.1) is 5.10 Å². The Morgan fingerprint density at radius 2 is 1.90 bits per heavy atom. The van der Waals surface area contributed by atoms with E-state index in [1.165, 1.54) is 27.6 Å². The summed E-state index contributed by atoms with van der Waals surface area (Å²) in [5, 5.41) is 11.3. The fourth-order valence-electron chi connectivity index (χ4n) is 2.80. The molecular weight excluding hydrogens is 378 g/mol. The Labute approximate surface area is 164 Å². The SMILES string of the molecule is Cc1cc(C)n(-c2ccc(=O)n(CCNC(=O)CCn3ccc(=O)[nH]c3=O)n2)n1. The molecule has 0 spiro atoms. The largest absolute Gasteiger partial charge is 0.354 e. The van der Waals surface area contributed by atoms with Crippen molar-refractivity contribution in [1.82, 2.24) is 34.4 Å². The molecule has 0 aromatic carbocycles. The first-order valence-electron chi connectivity index (χ1n) is 9.02. The molecule has 2 N–H and O–H groups in total. The van der Waals surface area contributed by atoms with Crippen LogP contribution in [0, 0.1) is 13.8 Å². The average molecular weight is 399 g/mol. The lowest BCUT2D eigenvalue weighted by Gasteiger charge is -2.09. The molecule has 0 aliphatic rings. The molecule has 0 saturated carbocycles. The van der Waals surface area contributed by atoms with Crippen LogP contribution in [0.25, 0.3) is 5.82 Å². The second kappa shape index (κ2) is 8.50. The maximum Gasteiger partial charge on any atom is 0.328 e. The van der Waals surface area contributed by atoms with E-state index in [1.807, 2.05) is 19.9 Å². The Bertz CT molecular complexity index is 1200. The number of aromatic nitrogens is 6. The zero-order valence-corrected chi connectivity index (χ0v) is 16.1. The second-order valence-corrected chi connectivity index (χ2v) is 6.50. The van der Waals surface area contributed by atoms with Crippen molar-refractivity contribution in [1.29, 1.82) is 0 Å². The summed E-state index contributed by atoms with van der Waals surface area (Å²) in [6.45, 7) is 4.29. The van der Waals surface area contributed by atoms with Crippen LogP contribution in [0.5, 0.6) is 0 Å². The van der Waals surface area contributed by atoms with Gasteiger partial charge in [0.1, 0.15) is 0 Å². The zero-order valence-electron chi connectivity index (χ0n) is 16.1. The average Bonchev–Trinajstić information content (AvgIpc) is 3.00. The van der Waals surface area contributed by atoms with Crippen LogP contribution in [0.2, 0.25) is 0 Å². The second-order valence-electron chi connectivity index (χ2n) is 6.50. The molecule has 11 heteroatoms. The Kier molecular flexibility index (Phi) is 5.86. The minimum absolute atomic E-state index is 0.0556. The molecule has 152 valence electrons. The van der Waals surface area contributed by atoms with Crippen molar-refractivity contribution >= 4 is 5.91 Å². The smallest absolute Gasteiger partial charge is 0.328 e. The Hall–Kier alpha value is -3.76. The molecule has 3 heterocycles. The van der Waals surface area contributed by atoms with E-state index >= 15 is 0 Å². The van der Waals surface area contributed by atoms with E-state index in [4.69, 9.17) is 0 Å². The quantitative estimate of drug-likeness (QED) is 0.528. The highest BCUT2D eigenvalue weighted by Crippen LogP contribution is 2.07. The van der Waals surface area contributed by atoms with E-state index in [0.717, 1.165) is 11.4 Å². The maximum absolute atomic E-state index is 12.0. The van der Waals surface area contributed by atoms with Crippen LogP contribution in [0.15, 0.2) is 44.8 Å². The molecule has 3 rings (SSSR count). The molecule has 0 atom stereocenters. The summed E-state index contributed by atoms with van der Waals surface area (Å²) in [6, 6.07) is 6.13. The Balaban J connectivity index is 1.57. The van der Waals surface area contributed by atoms with Gasteiger partial charge in [0, 0.05) is 43.5 Å². The van der Waals surface area contributed by atoms with Crippen LogP contribution in [0.1, 0.15) is 17.8 Å². The van der Waals surface area contributed by atoms with Gasteiger partial charge in [-0.25, -0.2) is 14.2 Å². The molecule has 3 aromatic rings. The van der Waals surface area contributed by atoms with Gasteiger partial charge in [-0.3, -0.25) is 19.4 Å². The molecule has 0 radical (unpaired) electrons. The summed E-state index contributed by atoms with van der Waals surface area (Å²) >= 11 is 0. The fraction of sp³-hybridized carbons (Fsp3) is 0.333. The van der Waals surface area contributed by atoms with Gasteiger partial charge in [0.05, 0.1) is 12.2 Å². The topological polar surface area (TPSA) is 137 Å². The lowest BCUT2D eigenvalue weighted by Crippen LogP contribution is -2.34. The van der Waals surface area contributed by atoms with Crippen LogP contribution in [0.4, 0.5) is 0 Å². The van der Waals surface area contributed by atoms with E-state index in [1.54, 1.807) is 10.7 Å². The number of nitrogens with zero attached hydrogens (tertiary/aromatic N) is 5. The van der Waals surface area contributed by atoms with Gasteiger partial charge in [-0.05, 0) is 26.0 Å². The summed E-state index contributed by atoms with van der Waals surface area (Å²) < 4.78 is 4.15. The number of nitrogens with one attached hydrogen (secondary N) is 2. The first-order chi connectivity index (χ1) is 13.8. The number of amides is 1. The predicted molar refractivity (Wildman–Crippen MR) is 104 cm³/mol. The lowest BCUT2D eigenvalue weighted by molar-refractivity contribution is -0.121. The van der Waals surface area contributed by atoms with Gasteiger partial charge in [0.2, 0.25) is 5.91 Å². The lowest BCUT2D eigenvalue weighted by atomic mass is 10.4. The van der Waals surface area contributed by atoms with Gasteiger partial charge in [0.15, 0.2) is 5.82 Å². The summed E-state index contributed by atoms with van der Waals surface area (Å²) in [6.07, 6.45) is 1.39. The van der Waals surface area contributed by atoms with Crippen molar-refractivity contribution in [2.24, 2.45) is 0 Å². The third-order valence-electron chi connectivity index (χ3n) is 4.20. The summed E-state index contributed by atoms with van der Waals surface area (Å²) in [5.74, 6) is 0.227. The minimum atomic E-state index is -0.568. The molecule has 1 amide bonds. The molecule has 0 aliphatic carbocycles. The van der Waals surface area contributed by atoms with Gasteiger partial charge < -0.3 is 9.88 Å². The first-order valence-corrected chi connectivity index (χ1v) is 9.02. The van der Waals surface area contributed by atoms with E-state index in [9.17, 15) is 19.2 Å². The monoisotopic (exact) mass is 399 g/mol. The summed E-state index contributed by atoms with van der Waals surface area (Å²) in [4.78, 5) is 48.8. The minimum Gasteiger partial charge on any atom is -0.354 e. The van der Waals surface area contributed by atoms with Crippen molar-refractivity contribution in [2.75, 3.05) is 6.54 Å². The number of aryl methyl sites for hydroxylation is 3. The maximum atomic E-state index is 12.0. The Morgan fingerprint density at radius 1 is 1.10 bits per heavy atom. The van der Waals surface area contributed by atoms with Crippen LogP contribution in [-0.2, 0) is 17.9 Å². The first kappa shape index (κ1) is 20.0. The highest BCUT2D eigenvalue weighted by Gasteiger charge is 2.08. The van der Waals surface area contributed by atoms with E-state index in [-0.39, 0.29) is 37.5 Å². The summed E-state index contributed by atoms with van der Waals surface area (Å²) in [5.41, 5.74) is 0.393. The van der Waals surface area contributed by atoms with Gasteiger partial charge in [-0.1, -0.05) is 0 Å². The third kappa shape index (κ3) is 4.94. The number of rotatable bonds is 7. The molecule has 0 saturated heterocycles. The van der Waals surface area contributed by atoms with Crippen LogP contribution >= 0.6 is 0 Å². The number of hydrogen-bond donors (Lipinski definition) is 2. The van der Waals surface area contributed by atoms with Gasteiger partial charge in [-0.2, -0.15) is 5.10 Å².